The molecule has 2 aliphatic rings. The molecule has 138 valence electrons. The Morgan fingerprint density at radius 1 is 1.15 bits per heavy atom. The van der Waals surface area contributed by atoms with Crippen molar-refractivity contribution in [2.24, 2.45) is 0 Å². The van der Waals surface area contributed by atoms with Crippen LogP contribution in [-0.4, -0.2) is 15.3 Å². The standard InChI is InChI=1S/C22H28N2OS/c1-3-14-24-20(25)18-19(23-21(24)26-4-2)17-11-7-6-10-16(17)15-22(18)12-8-5-9-13-22/h6-7,10-11H,3-5,8-9,12-15H2,1-2H3. The molecular weight excluding hydrogens is 340 g/mol. The van der Waals surface area contributed by atoms with E-state index in [1.54, 1.807) is 11.8 Å². The third kappa shape index (κ3) is 2.83. The summed E-state index contributed by atoms with van der Waals surface area (Å²) in [6, 6.07) is 8.59. The van der Waals surface area contributed by atoms with Gasteiger partial charge in [-0.1, -0.05) is 69.1 Å². The van der Waals surface area contributed by atoms with Gasteiger partial charge in [0.05, 0.1) is 11.3 Å². The van der Waals surface area contributed by atoms with Crippen LogP contribution in [0.15, 0.2) is 34.2 Å². The number of hydrogen-bond donors (Lipinski definition) is 0. The number of thioether (sulfide) groups is 1. The average molecular weight is 369 g/mol. The van der Waals surface area contributed by atoms with Crippen molar-refractivity contribution < 1.29 is 0 Å². The highest BCUT2D eigenvalue weighted by Gasteiger charge is 2.43. The van der Waals surface area contributed by atoms with Gasteiger partial charge in [-0.2, -0.15) is 0 Å². The maximum absolute atomic E-state index is 13.7. The number of fused-ring (bicyclic) bond motifs is 4. The number of aromatic nitrogens is 2. The van der Waals surface area contributed by atoms with Gasteiger partial charge in [-0.15, -0.1) is 0 Å². The predicted molar refractivity (Wildman–Crippen MR) is 109 cm³/mol. The van der Waals surface area contributed by atoms with Crippen molar-refractivity contribution >= 4 is 11.8 Å². The van der Waals surface area contributed by atoms with E-state index in [-0.39, 0.29) is 11.0 Å². The van der Waals surface area contributed by atoms with Crippen molar-refractivity contribution in [3.63, 3.8) is 0 Å². The van der Waals surface area contributed by atoms with E-state index < -0.39 is 0 Å². The van der Waals surface area contributed by atoms with Gasteiger partial charge in [0.25, 0.3) is 5.56 Å². The van der Waals surface area contributed by atoms with Crippen molar-refractivity contribution in [3.05, 3.63) is 45.7 Å². The lowest BCUT2D eigenvalue weighted by molar-refractivity contribution is 0.282. The molecule has 4 heteroatoms. The van der Waals surface area contributed by atoms with Crippen molar-refractivity contribution in [3.8, 4) is 11.3 Å². The monoisotopic (exact) mass is 368 g/mol. The zero-order chi connectivity index (χ0) is 18.1. The lowest BCUT2D eigenvalue weighted by Crippen LogP contribution is -2.43. The summed E-state index contributed by atoms with van der Waals surface area (Å²) in [7, 11) is 0. The van der Waals surface area contributed by atoms with E-state index in [1.807, 2.05) is 4.57 Å². The molecule has 2 aliphatic carbocycles. The van der Waals surface area contributed by atoms with Crippen molar-refractivity contribution in [2.45, 2.75) is 75.9 Å². The van der Waals surface area contributed by atoms with Gasteiger partial charge in [0.2, 0.25) is 0 Å². The molecule has 0 radical (unpaired) electrons. The summed E-state index contributed by atoms with van der Waals surface area (Å²) in [4.78, 5) is 18.8. The normalized spacial score (nSPS) is 17.8. The first-order chi connectivity index (χ1) is 12.7. The van der Waals surface area contributed by atoms with E-state index in [9.17, 15) is 4.79 Å². The van der Waals surface area contributed by atoms with Crippen molar-refractivity contribution in [1.82, 2.24) is 9.55 Å². The maximum Gasteiger partial charge on any atom is 0.258 e. The Labute approximate surface area is 160 Å². The minimum absolute atomic E-state index is 0.00305. The van der Waals surface area contributed by atoms with E-state index in [2.05, 4.69) is 38.1 Å². The lowest BCUT2D eigenvalue weighted by Gasteiger charge is -2.42. The van der Waals surface area contributed by atoms with Crippen LogP contribution in [0, 0.1) is 0 Å². The molecule has 1 spiro atoms. The topological polar surface area (TPSA) is 34.9 Å². The minimum Gasteiger partial charge on any atom is -0.287 e. The second-order valence-corrected chi connectivity index (χ2v) is 8.91. The van der Waals surface area contributed by atoms with Crippen LogP contribution in [0.25, 0.3) is 11.3 Å². The lowest BCUT2D eigenvalue weighted by atomic mass is 9.62. The van der Waals surface area contributed by atoms with E-state index in [0.717, 1.165) is 54.4 Å². The molecule has 0 unspecified atom stereocenters. The van der Waals surface area contributed by atoms with Crippen LogP contribution in [0.5, 0.6) is 0 Å². The van der Waals surface area contributed by atoms with Crippen LogP contribution in [0.1, 0.15) is 63.5 Å². The van der Waals surface area contributed by atoms with E-state index in [4.69, 9.17) is 4.98 Å². The fraction of sp³-hybridized carbons (Fsp3) is 0.545. The second-order valence-electron chi connectivity index (χ2n) is 7.68. The van der Waals surface area contributed by atoms with Crippen LogP contribution in [0.4, 0.5) is 0 Å². The zero-order valence-electron chi connectivity index (χ0n) is 15.9. The van der Waals surface area contributed by atoms with Crippen LogP contribution in [0.3, 0.4) is 0 Å². The Morgan fingerprint density at radius 3 is 2.65 bits per heavy atom. The van der Waals surface area contributed by atoms with Gasteiger partial charge < -0.3 is 0 Å². The molecule has 4 rings (SSSR count). The van der Waals surface area contributed by atoms with Crippen LogP contribution >= 0.6 is 11.8 Å². The molecule has 0 atom stereocenters. The maximum atomic E-state index is 13.7. The van der Waals surface area contributed by atoms with Gasteiger partial charge in [-0.25, -0.2) is 4.98 Å². The van der Waals surface area contributed by atoms with E-state index in [0.29, 0.717) is 0 Å². The zero-order valence-corrected chi connectivity index (χ0v) is 16.7. The Hall–Kier alpha value is -1.55. The molecule has 1 fully saturated rings. The Balaban J connectivity index is 2.01. The molecule has 1 aromatic heterocycles. The second kappa shape index (κ2) is 7.22. The van der Waals surface area contributed by atoms with Gasteiger partial charge in [-0.05, 0) is 37.0 Å². The number of hydrogen-bond acceptors (Lipinski definition) is 3. The highest BCUT2D eigenvalue weighted by Crippen LogP contribution is 2.48. The third-order valence-corrected chi connectivity index (χ3v) is 6.86. The fourth-order valence-corrected chi connectivity index (χ4v) is 5.63. The van der Waals surface area contributed by atoms with Gasteiger partial charge in [0, 0.05) is 17.5 Å². The molecule has 0 amide bonds. The molecule has 1 heterocycles. The highest BCUT2D eigenvalue weighted by atomic mass is 32.2. The number of rotatable bonds is 4. The van der Waals surface area contributed by atoms with E-state index >= 15 is 0 Å². The molecule has 3 nitrogen and oxygen atoms in total. The van der Waals surface area contributed by atoms with E-state index in [1.165, 1.54) is 30.4 Å². The first kappa shape index (κ1) is 17.8. The first-order valence-corrected chi connectivity index (χ1v) is 11.0. The molecule has 0 saturated heterocycles. The summed E-state index contributed by atoms with van der Waals surface area (Å²) < 4.78 is 1.96. The summed E-state index contributed by atoms with van der Waals surface area (Å²) in [5, 5.41) is 0.890. The van der Waals surface area contributed by atoms with Crippen LogP contribution in [0.2, 0.25) is 0 Å². The van der Waals surface area contributed by atoms with Crippen LogP contribution in [-0.2, 0) is 18.4 Å². The highest BCUT2D eigenvalue weighted by molar-refractivity contribution is 7.99. The largest absolute Gasteiger partial charge is 0.287 e. The first-order valence-electron chi connectivity index (χ1n) is 10.1. The third-order valence-electron chi connectivity index (χ3n) is 6.00. The molecule has 0 N–H and O–H groups in total. The smallest absolute Gasteiger partial charge is 0.258 e. The molecule has 0 aliphatic heterocycles. The number of nitrogens with zero attached hydrogens (tertiary/aromatic N) is 2. The molecule has 26 heavy (non-hydrogen) atoms. The Bertz CT molecular complexity index is 865. The van der Waals surface area contributed by atoms with Crippen molar-refractivity contribution in [1.29, 1.82) is 0 Å². The van der Waals surface area contributed by atoms with Gasteiger partial charge in [0.15, 0.2) is 5.16 Å². The molecule has 1 aromatic carbocycles. The summed E-state index contributed by atoms with van der Waals surface area (Å²) in [6.45, 7) is 5.03. The summed E-state index contributed by atoms with van der Waals surface area (Å²) in [6.07, 6.45) is 7.94. The van der Waals surface area contributed by atoms with Gasteiger partial charge in [-0.3, -0.25) is 9.36 Å². The molecular formula is C22H28N2OS. The summed E-state index contributed by atoms with van der Waals surface area (Å²) >= 11 is 1.69. The molecule has 0 bridgehead atoms. The fourth-order valence-electron chi connectivity index (χ4n) is 4.88. The van der Waals surface area contributed by atoms with Crippen molar-refractivity contribution in [2.75, 3.05) is 5.75 Å². The summed E-state index contributed by atoms with van der Waals surface area (Å²) in [5.41, 5.74) is 4.76. The summed E-state index contributed by atoms with van der Waals surface area (Å²) in [5.74, 6) is 0.932. The SMILES string of the molecule is CCCn1c(SCC)nc2c(c1=O)C1(CCCCC1)Cc1ccccc1-2. The van der Waals surface area contributed by atoms with Crippen LogP contribution < -0.4 is 5.56 Å². The predicted octanol–water partition coefficient (Wildman–Crippen LogP) is 5.19. The van der Waals surface area contributed by atoms with Gasteiger partial charge in [0.1, 0.15) is 0 Å². The molecule has 2 aromatic rings. The average Bonchev–Trinajstić information content (AvgIpc) is 2.65. The minimum atomic E-state index is -0.00305. The quantitative estimate of drug-likeness (QED) is 0.550. The Kier molecular flexibility index (Phi) is 4.96. The Morgan fingerprint density at radius 2 is 1.92 bits per heavy atom. The molecule has 1 saturated carbocycles. The number of benzene rings is 1. The van der Waals surface area contributed by atoms with Gasteiger partial charge >= 0.3 is 0 Å².